The van der Waals surface area contributed by atoms with Gasteiger partial charge in [-0.2, -0.15) is 0 Å². The molecule has 0 bridgehead atoms. The lowest BCUT2D eigenvalue weighted by Gasteiger charge is -2.33. The minimum absolute atomic E-state index is 0.131. The Morgan fingerprint density at radius 1 is 1.13 bits per heavy atom. The van der Waals surface area contributed by atoms with Crippen molar-refractivity contribution in [3.8, 4) is 11.5 Å². The molecule has 5 heteroatoms. The Morgan fingerprint density at radius 3 is 2.22 bits per heavy atom. The summed E-state index contributed by atoms with van der Waals surface area (Å²) in [6.45, 7) is 9.59. The number of carbonyl (C=O) groups excluding carboxylic acids is 1. The Balaban J connectivity index is 1.79. The predicted molar refractivity (Wildman–Crippen MR) is 89.1 cm³/mol. The van der Waals surface area contributed by atoms with Crippen LogP contribution in [0.15, 0.2) is 24.3 Å². The molecule has 0 radical (unpaired) electrons. The van der Waals surface area contributed by atoms with Gasteiger partial charge in [0.15, 0.2) is 0 Å². The van der Waals surface area contributed by atoms with Crippen molar-refractivity contribution in [2.45, 2.75) is 52.2 Å². The quantitative estimate of drug-likeness (QED) is 0.845. The number of ether oxygens (including phenoxy) is 3. The van der Waals surface area contributed by atoms with Gasteiger partial charge < -0.3 is 19.1 Å². The maximum Gasteiger partial charge on any atom is 0.410 e. The number of hydrogen-bond acceptors (Lipinski definition) is 4. The third-order valence-electron chi connectivity index (χ3n) is 3.53. The minimum atomic E-state index is -0.452. The molecular weight excluding hydrogens is 294 g/mol. The highest BCUT2D eigenvalue weighted by atomic mass is 16.6. The SMILES string of the molecule is CCOc1ccc(OC2CCN(C(=O)OC(C)(C)C)CC2)cc1. The summed E-state index contributed by atoms with van der Waals surface area (Å²) in [7, 11) is 0. The number of hydrogen-bond donors (Lipinski definition) is 0. The standard InChI is InChI=1S/C18H27NO4/c1-5-21-14-6-8-15(9-7-14)22-16-10-12-19(13-11-16)17(20)23-18(2,3)4/h6-9,16H,5,10-13H2,1-4H3. The second-order valence-corrected chi connectivity index (χ2v) is 6.69. The molecule has 0 atom stereocenters. The average Bonchev–Trinajstić information content (AvgIpc) is 2.48. The maximum absolute atomic E-state index is 12.0. The highest BCUT2D eigenvalue weighted by molar-refractivity contribution is 5.68. The van der Waals surface area contributed by atoms with Crippen LogP contribution in [0.1, 0.15) is 40.5 Å². The average molecular weight is 321 g/mol. The molecule has 1 fully saturated rings. The summed E-state index contributed by atoms with van der Waals surface area (Å²) >= 11 is 0. The van der Waals surface area contributed by atoms with Gasteiger partial charge in [0.25, 0.3) is 0 Å². The van der Waals surface area contributed by atoms with Crippen molar-refractivity contribution < 1.29 is 19.0 Å². The molecule has 0 aliphatic carbocycles. The Kier molecular flexibility index (Phi) is 5.74. The second kappa shape index (κ2) is 7.57. The van der Waals surface area contributed by atoms with E-state index in [1.807, 2.05) is 52.0 Å². The van der Waals surface area contributed by atoms with E-state index in [0.717, 1.165) is 24.3 Å². The van der Waals surface area contributed by atoms with Crippen LogP contribution in [0.5, 0.6) is 11.5 Å². The molecule has 1 aromatic carbocycles. The summed E-state index contributed by atoms with van der Waals surface area (Å²) in [5.41, 5.74) is -0.452. The Morgan fingerprint density at radius 2 is 1.70 bits per heavy atom. The second-order valence-electron chi connectivity index (χ2n) is 6.69. The van der Waals surface area contributed by atoms with Crippen molar-refractivity contribution in [1.29, 1.82) is 0 Å². The molecule has 0 saturated carbocycles. The molecule has 1 heterocycles. The van der Waals surface area contributed by atoms with Gasteiger partial charge in [0.1, 0.15) is 23.2 Å². The third-order valence-corrected chi connectivity index (χ3v) is 3.53. The predicted octanol–water partition coefficient (Wildman–Crippen LogP) is 3.86. The van der Waals surface area contributed by atoms with Crippen LogP contribution in [-0.4, -0.2) is 42.4 Å². The Hall–Kier alpha value is -1.91. The number of amides is 1. The fourth-order valence-corrected chi connectivity index (χ4v) is 2.46. The van der Waals surface area contributed by atoms with Crippen molar-refractivity contribution in [3.05, 3.63) is 24.3 Å². The van der Waals surface area contributed by atoms with Gasteiger partial charge in [-0.1, -0.05) is 0 Å². The van der Waals surface area contributed by atoms with Crippen LogP contribution in [-0.2, 0) is 4.74 Å². The van der Waals surface area contributed by atoms with Gasteiger partial charge >= 0.3 is 6.09 Å². The highest BCUT2D eigenvalue weighted by Gasteiger charge is 2.27. The van der Waals surface area contributed by atoms with E-state index in [1.54, 1.807) is 4.90 Å². The monoisotopic (exact) mass is 321 g/mol. The molecule has 2 rings (SSSR count). The van der Waals surface area contributed by atoms with Gasteiger partial charge in [-0.15, -0.1) is 0 Å². The molecule has 128 valence electrons. The number of piperidine rings is 1. The molecule has 1 aromatic rings. The van der Waals surface area contributed by atoms with Crippen molar-refractivity contribution in [1.82, 2.24) is 4.90 Å². The first kappa shape index (κ1) is 17.4. The van der Waals surface area contributed by atoms with Crippen LogP contribution >= 0.6 is 0 Å². The van der Waals surface area contributed by atoms with Gasteiger partial charge in [-0.3, -0.25) is 0 Å². The van der Waals surface area contributed by atoms with E-state index in [-0.39, 0.29) is 12.2 Å². The van der Waals surface area contributed by atoms with Gasteiger partial charge in [0.2, 0.25) is 0 Å². The summed E-state index contributed by atoms with van der Waals surface area (Å²) in [5.74, 6) is 1.68. The first-order valence-corrected chi connectivity index (χ1v) is 8.25. The van der Waals surface area contributed by atoms with Crippen LogP contribution < -0.4 is 9.47 Å². The molecular formula is C18H27NO4. The topological polar surface area (TPSA) is 48.0 Å². The van der Waals surface area contributed by atoms with Crippen molar-refractivity contribution in [2.75, 3.05) is 19.7 Å². The van der Waals surface area contributed by atoms with Crippen molar-refractivity contribution in [3.63, 3.8) is 0 Å². The van der Waals surface area contributed by atoms with E-state index >= 15 is 0 Å². The number of rotatable bonds is 4. The van der Waals surface area contributed by atoms with Gasteiger partial charge in [0.05, 0.1) is 6.61 Å². The van der Waals surface area contributed by atoms with Crippen LogP contribution in [0.3, 0.4) is 0 Å². The van der Waals surface area contributed by atoms with Crippen molar-refractivity contribution >= 4 is 6.09 Å². The van der Waals surface area contributed by atoms with Crippen LogP contribution in [0.4, 0.5) is 4.79 Å². The maximum atomic E-state index is 12.0. The lowest BCUT2D eigenvalue weighted by molar-refractivity contribution is 0.0126. The lowest BCUT2D eigenvalue weighted by Crippen LogP contribution is -2.44. The number of nitrogens with zero attached hydrogens (tertiary/aromatic N) is 1. The van der Waals surface area contributed by atoms with Crippen LogP contribution in [0, 0.1) is 0 Å². The Labute approximate surface area is 138 Å². The molecule has 0 spiro atoms. The number of likely N-dealkylation sites (tertiary alicyclic amines) is 1. The largest absolute Gasteiger partial charge is 0.494 e. The van der Waals surface area contributed by atoms with E-state index in [2.05, 4.69) is 0 Å². The lowest BCUT2D eigenvalue weighted by atomic mass is 10.1. The van der Waals surface area contributed by atoms with Gasteiger partial charge in [-0.05, 0) is 52.0 Å². The fourth-order valence-electron chi connectivity index (χ4n) is 2.46. The number of carbonyl (C=O) groups is 1. The third kappa shape index (κ3) is 5.66. The molecule has 1 aliphatic rings. The van der Waals surface area contributed by atoms with Crippen LogP contribution in [0.25, 0.3) is 0 Å². The zero-order valence-corrected chi connectivity index (χ0v) is 14.5. The normalized spacial score (nSPS) is 16.1. The first-order valence-electron chi connectivity index (χ1n) is 8.25. The van der Waals surface area contributed by atoms with E-state index in [4.69, 9.17) is 14.2 Å². The zero-order valence-electron chi connectivity index (χ0n) is 14.5. The Bertz CT molecular complexity index is 499. The molecule has 0 N–H and O–H groups in total. The van der Waals surface area contributed by atoms with E-state index in [1.165, 1.54) is 0 Å². The minimum Gasteiger partial charge on any atom is -0.494 e. The molecule has 0 aromatic heterocycles. The zero-order chi connectivity index (χ0) is 16.9. The van der Waals surface area contributed by atoms with Gasteiger partial charge in [0, 0.05) is 25.9 Å². The summed E-state index contributed by atoms with van der Waals surface area (Å²) < 4.78 is 16.8. The fraction of sp³-hybridized carbons (Fsp3) is 0.611. The van der Waals surface area contributed by atoms with Crippen molar-refractivity contribution in [2.24, 2.45) is 0 Å². The first-order chi connectivity index (χ1) is 10.9. The molecule has 0 unspecified atom stereocenters. The van der Waals surface area contributed by atoms with Crippen LogP contribution in [0.2, 0.25) is 0 Å². The molecule has 1 amide bonds. The highest BCUT2D eigenvalue weighted by Crippen LogP contribution is 2.23. The van der Waals surface area contributed by atoms with E-state index < -0.39 is 5.60 Å². The summed E-state index contributed by atoms with van der Waals surface area (Å²) in [6, 6.07) is 7.67. The molecule has 1 saturated heterocycles. The smallest absolute Gasteiger partial charge is 0.410 e. The molecule has 1 aliphatic heterocycles. The summed E-state index contributed by atoms with van der Waals surface area (Å²) in [5, 5.41) is 0. The van der Waals surface area contributed by atoms with E-state index in [9.17, 15) is 4.79 Å². The summed E-state index contributed by atoms with van der Waals surface area (Å²) in [4.78, 5) is 13.8. The molecule has 5 nitrogen and oxygen atoms in total. The molecule has 23 heavy (non-hydrogen) atoms. The van der Waals surface area contributed by atoms with E-state index in [0.29, 0.717) is 19.7 Å². The summed E-state index contributed by atoms with van der Waals surface area (Å²) in [6.07, 6.45) is 1.52. The number of benzene rings is 1. The van der Waals surface area contributed by atoms with Gasteiger partial charge in [-0.25, -0.2) is 4.79 Å².